The molecule has 31 heavy (non-hydrogen) atoms. The molecule has 1 N–H and O–H groups in total. The number of halogens is 4. The van der Waals surface area contributed by atoms with E-state index in [0.29, 0.717) is 10.8 Å². The standard InChI is InChI=1S/C20H22ClF3N2O4S/c1-31(28,29)26(17-8-4-15(5-9-17)20(22,23)24)13-2-3-19(27)25-12-14-30-18-10-6-16(21)7-11-18/h4-11H,2-3,12-14H2,1H3,(H,25,27). The van der Waals surface area contributed by atoms with Crippen LogP contribution in [0.2, 0.25) is 5.02 Å². The van der Waals surface area contributed by atoms with Gasteiger partial charge in [-0.05, 0) is 55.0 Å². The van der Waals surface area contributed by atoms with E-state index in [-0.39, 0.29) is 44.1 Å². The maximum Gasteiger partial charge on any atom is 0.416 e. The Morgan fingerprint density at radius 2 is 1.71 bits per heavy atom. The minimum Gasteiger partial charge on any atom is -0.492 e. The second-order valence-corrected chi connectivity index (χ2v) is 8.98. The molecule has 2 aromatic carbocycles. The molecule has 170 valence electrons. The van der Waals surface area contributed by atoms with Gasteiger partial charge in [-0.25, -0.2) is 8.42 Å². The van der Waals surface area contributed by atoms with Gasteiger partial charge in [0.2, 0.25) is 15.9 Å². The molecule has 2 rings (SSSR count). The van der Waals surface area contributed by atoms with Crippen LogP contribution in [0.4, 0.5) is 18.9 Å². The molecule has 0 heterocycles. The SMILES string of the molecule is CS(=O)(=O)N(CCCC(=O)NCCOc1ccc(Cl)cc1)c1ccc(C(F)(F)F)cc1. The Kier molecular flexibility index (Phi) is 8.58. The highest BCUT2D eigenvalue weighted by Gasteiger charge is 2.30. The van der Waals surface area contributed by atoms with E-state index in [0.717, 1.165) is 34.8 Å². The Bertz CT molecular complexity index is 965. The lowest BCUT2D eigenvalue weighted by Gasteiger charge is -2.22. The molecule has 2 aromatic rings. The van der Waals surface area contributed by atoms with E-state index in [1.54, 1.807) is 24.3 Å². The fraction of sp³-hybridized carbons (Fsp3) is 0.350. The number of amides is 1. The molecule has 0 aliphatic carbocycles. The molecule has 0 aliphatic rings. The summed E-state index contributed by atoms with van der Waals surface area (Å²) in [5, 5.41) is 3.24. The van der Waals surface area contributed by atoms with Gasteiger partial charge in [-0.2, -0.15) is 13.2 Å². The number of benzene rings is 2. The zero-order valence-corrected chi connectivity index (χ0v) is 18.2. The molecule has 11 heteroatoms. The van der Waals surface area contributed by atoms with E-state index < -0.39 is 21.8 Å². The normalized spacial score (nSPS) is 11.8. The summed E-state index contributed by atoms with van der Waals surface area (Å²) in [7, 11) is -3.73. The number of sulfonamides is 1. The summed E-state index contributed by atoms with van der Waals surface area (Å²) in [5.74, 6) is 0.319. The Balaban J connectivity index is 1.80. The van der Waals surface area contributed by atoms with Gasteiger partial charge in [-0.3, -0.25) is 9.10 Å². The predicted octanol–water partition coefficient (Wildman–Crippen LogP) is 4.10. The van der Waals surface area contributed by atoms with E-state index in [1.165, 1.54) is 0 Å². The zero-order chi connectivity index (χ0) is 23.1. The van der Waals surface area contributed by atoms with Gasteiger partial charge in [0.15, 0.2) is 0 Å². The van der Waals surface area contributed by atoms with E-state index in [2.05, 4.69) is 5.32 Å². The molecule has 0 unspecified atom stereocenters. The Labute approximate surface area is 184 Å². The number of nitrogens with one attached hydrogen (secondary N) is 1. The number of nitrogens with zero attached hydrogens (tertiary/aromatic N) is 1. The van der Waals surface area contributed by atoms with Crippen molar-refractivity contribution in [3.63, 3.8) is 0 Å². The third-order valence-corrected chi connectivity index (χ3v) is 5.60. The van der Waals surface area contributed by atoms with Crippen molar-refractivity contribution in [1.82, 2.24) is 5.32 Å². The lowest BCUT2D eigenvalue weighted by molar-refractivity contribution is -0.137. The van der Waals surface area contributed by atoms with Crippen LogP contribution in [0.15, 0.2) is 48.5 Å². The molecule has 0 spiro atoms. The van der Waals surface area contributed by atoms with Gasteiger partial charge in [0.05, 0.1) is 24.1 Å². The highest BCUT2D eigenvalue weighted by Crippen LogP contribution is 2.31. The van der Waals surface area contributed by atoms with Crippen LogP contribution in [0.1, 0.15) is 18.4 Å². The summed E-state index contributed by atoms with van der Waals surface area (Å²) in [5.41, 5.74) is -0.767. The molecule has 6 nitrogen and oxygen atoms in total. The number of alkyl halides is 3. The number of carbonyl (C=O) groups excluding carboxylic acids is 1. The van der Waals surface area contributed by atoms with Crippen molar-refractivity contribution in [3.8, 4) is 5.75 Å². The number of ether oxygens (including phenoxy) is 1. The van der Waals surface area contributed by atoms with Gasteiger partial charge >= 0.3 is 6.18 Å². The van der Waals surface area contributed by atoms with Crippen molar-refractivity contribution in [2.75, 3.05) is 30.3 Å². The fourth-order valence-corrected chi connectivity index (χ4v) is 3.76. The fourth-order valence-electron chi connectivity index (χ4n) is 2.66. The van der Waals surface area contributed by atoms with Gasteiger partial charge in [0.1, 0.15) is 12.4 Å². The summed E-state index contributed by atoms with van der Waals surface area (Å²) in [6.45, 7) is 0.462. The van der Waals surface area contributed by atoms with Crippen molar-refractivity contribution >= 4 is 33.2 Å². The molecule has 0 aromatic heterocycles. The minimum atomic E-state index is -4.51. The van der Waals surface area contributed by atoms with Crippen molar-refractivity contribution in [3.05, 3.63) is 59.1 Å². The monoisotopic (exact) mass is 478 g/mol. The molecule has 0 atom stereocenters. The van der Waals surface area contributed by atoms with Gasteiger partial charge in [-0.15, -0.1) is 0 Å². The molecule has 0 radical (unpaired) electrons. The highest BCUT2D eigenvalue weighted by atomic mass is 35.5. The first-order valence-corrected chi connectivity index (χ1v) is 11.5. The van der Waals surface area contributed by atoms with Gasteiger partial charge in [-0.1, -0.05) is 11.6 Å². The number of rotatable bonds is 10. The maximum atomic E-state index is 12.7. The molecule has 0 saturated heterocycles. The molecule has 0 aliphatic heterocycles. The lowest BCUT2D eigenvalue weighted by atomic mass is 10.2. The van der Waals surface area contributed by atoms with Crippen molar-refractivity contribution in [1.29, 1.82) is 0 Å². The van der Waals surface area contributed by atoms with Crippen LogP contribution in [0.3, 0.4) is 0 Å². The summed E-state index contributed by atoms with van der Waals surface area (Å²) in [6.07, 6.45) is -3.31. The summed E-state index contributed by atoms with van der Waals surface area (Å²) >= 11 is 5.78. The first kappa shape index (κ1) is 24.8. The molecule has 0 saturated carbocycles. The van der Waals surface area contributed by atoms with Crippen molar-refractivity contribution in [2.45, 2.75) is 19.0 Å². The molecular formula is C20H22ClF3N2O4S. The summed E-state index contributed by atoms with van der Waals surface area (Å²) < 4.78 is 68.6. The number of hydrogen-bond acceptors (Lipinski definition) is 4. The van der Waals surface area contributed by atoms with Crippen LogP contribution in [-0.4, -0.2) is 40.3 Å². The zero-order valence-electron chi connectivity index (χ0n) is 16.7. The van der Waals surface area contributed by atoms with E-state index in [9.17, 15) is 26.4 Å². The number of hydrogen-bond donors (Lipinski definition) is 1. The van der Waals surface area contributed by atoms with Gasteiger partial charge < -0.3 is 10.1 Å². The number of carbonyl (C=O) groups is 1. The van der Waals surface area contributed by atoms with Gasteiger partial charge in [0, 0.05) is 18.0 Å². The van der Waals surface area contributed by atoms with Crippen LogP contribution in [-0.2, 0) is 21.0 Å². The quantitative estimate of drug-likeness (QED) is 0.522. The molecule has 1 amide bonds. The maximum absolute atomic E-state index is 12.7. The second-order valence-electron chi connectivity index (χ2n) is 6.64. The van der Waals surface area contributed by atoms with Crippen LogP contribution >= 0.6 is 11.6 Å². The molecular weight excluding hydrogens is 457 g/mol. The summed E-state index contributed by atoms with van der Waals surface area (Å²) in [4.78, 5) is 11.9. The Hall–Kier alpha value is -2.46. The van der Waals surface area contributed by atoms with Crippen molar-refractivity contribution < 1.29 is 31.1 Å². The largest absolute Gasteiger partial charge is 0.492 e. The average molecular weight is 479 g/mol. The number of anilines is 1. The Morgan fingerprint density at radius 1 is 1.10 bits per heavy atom. The predicted molar refractivity (Wildman–Crippen MR) is 113 cm³/mol. The Morgan fingerprint density at radius 3 is 2.26 bits per heavy atom. The van der Waals surface area contributed by atoms with E-state index in [1.807, 2.05) is 0 Å². The van der Waals surface area contributed by atoms with Crippen LogP contribution in [0.25, 0.3) is 0 Å². The van der Waals surface area contributed by atoms with Crippen LogP contribution < -0.4 is 14.4 Å². The molecule has 0 bridgehead atoms. The smallest absolute Gasteiger partial charge is 0.416 e. The second kappa shape index (κ2) is 10.7. The van der Waals surface area contributed by atoms with E-state index in [4.69, 9.17) is 16.3 Å². The highest BCUT2D eigenvalue weighted by molar-refractivity contribution is 7.92. The van der Waals surface area contributed by atoms with Crippen molar-refractivity contribution in [2.24, 2.45) is 0 Å². The van der Waals surface area contributed by atoms with Crippen LogP contribution in [0.5, 0.6) is 5.75 Å². The van der Waals surface area contributed by atoms with Crippen LogP contribution in [0, 0.1) is 0 Å². The lowest BCUT2D eigenvalue weighted by Crippen LogP contribution is -2.33. The minimum absolute atomic E-state index is 0.0428. The third-order valence-electron chi connectivity index (χ3n) is 4.15. The third kappa shape index (κ3) is 8.29. The first-order chi connectivity index (χ1) is 14.5. The van der Waals surface area contributed by atoms with E-state index >= 15 is 0 Å². The topological polar surface area (TPSA) is 75.7 Å². The molecule has 0 fully saturated rings. The van der Waals surface area contributed by atoms with Gasteiger partial charge in [0.25, 0.3) is 0 Å². The summed E-state index contributed by atoms with van der Waals surface area (Å²) in [6, 6.07) is 10.6. The first-order valence-electron chi connectivity index (χ1n) is 9.27. The average Bonchev–Trinajstić information content (AvgIpc) is 2.68.